The zero-order valence-electron chi connectivity index (χ0n) is 19.3. The molecule has 2 heterocycles. The summed E-state index contributed by atoms with van der Waals surface area (Å²) in [7, 11) is 0. The molecule has 1 fully saturated rings. The summed E-state index contributed by atoms with van der Waals surface area (Å²) in [6, 6.07) is 4.54. The van der Waals surface area contributed by atoms with Gasteiger partial charge in [0.15, 0.2) is 6.67 Å². The molecule has 1 saturated heterocycles. The molecule has 0 bridgehead atoms. The number of piperazine rings is 1. The Labute approximate surface area is 205 Å². The van der Waals surface area contributed by atoms with E-state index < -0.39 is 36.5 Å². The Morgan fingerprint density at radius 3 is 2.37 bits per heavy atom. The number of halogens is 3. The fraction of sp³-hybridized carbons (Fsp3) is 0.478. The third kappa shape index (κ3) is 6.57. The largest absolute Gasteiger partial charge is 0.368 e. The lowest BCUT2D eigenvalue weighted by Crippen LogP contribution is -2.56. The number of alkyl halides is 3. The quantitative estimate of drug-likeness (QED) is 0.494. The van der Waals surface area contributed by atoms with E-state index in [1.165, 1.54) is 33.6 Å². The van der Waals surface area contributed by atoms with Crippen molar-refractivity contribution < 1.29 is 27.6 Å². The first-order chi connectivity index (χ1) is 16.6. The minimum atomic E-state index is -3.57. The molecule has 0 spiro atoms. The SMILES string of the molecule is C[C@H](C(N)=O)N(C(=O)C(CC(=O)N1CCN(C(F)(F)CF)CC1)Cc1ccccc1)c1cscn1. The number of anilines is 1. The highest BCUT2D eigenvalue weighted by Gasteiger charge is 2.40. The molecular weight excluding hydrogens is 483 g/mol. The van der Waals surface area contributed by atoms with Crippen molar-refractivity contribution in [3.63, 3.8) is 0 Å². The maximum Gasteiger partial charge on any atom is 0.333 e. The van der Waals surface area contributed by atoms with Crippen LogP contribution in [0.2, 0.25) is 0 Å². The highest BCUT2D eigenvalue weighted by atomic mass is 32.1. The van der Waals surface area contributed by atoms with Crippen LogP contribution in [0.3, 0.4) is 0 Å². The maximum absolute atomic E-state index is 13.7. The first-order valence-electron chi connectivity index (χ1n) is 11.1. The van der Waals surface area contributed by atoms with Crippen LogP contribution < -0.4 is 10.6 Å². The minimum absolute atomic E-state index is 0.00579. The van der Waals surface area contributed by atoms with E-state index >= 15 is 0 Å². The predicted molar refractivity (Wildman–Crippen MR) is 126 cm³/mol. The minimum Gasteiger partial charge on any atom is -0.368 e. The molecule has 1 aromatic heterocycles. The van der Waals surface area contributed by atoms with Gasteiger partial charge in [-0.15, -0.1) is 11.3 Å². The Bertz CT molecular complexity index is 1000. The summed E-state index contributed by atoms with van der Waals surface area (Å²) in [6.07, 6.45) is 0.0246. The molecule has 8 nitrogen and oxygen atoms in total. The smallest absolute Gasteiger partial charge is 0.333 e. The summed E-state index contributed by atoms with van der Waals surface area (Å²) < 4.78 is 39.9. The van der Waals surface area contributed by atoms with Gasteiger partial charge in [-0.25, -0.2) is 14.3 Å². The van der Waals surface area contributed by atoms with Crippen LogP contribution in [0.5, 0.6) is 0 Å². The van der Waals surface area contributed by atoms with E-state index in [2.05, 4.69) is 4.98 Å². The van der Waals surface area contributed by atoms with E-state index in [9.17, 15) is 27.6 Å². The van der Waals surface area contributed by atoms with Gasteiger partial charge in [0.2, 0.25) is 17.7 Å². The number of primary amides is 1. The molecule has 0 aliphatic carbocycles. The van der Waals surface area contributed by atoms with Gasteiger partial charge in [0.25, 0.3) is 0 Å². The maximum atomic E-state index is 13.7. The normalized spacial score (nSPS) is 16.5. The molecule has 2 aromatic rings. The fourth-order valence-electron chi connectivity index (χ4n) is 4.00. The lowest BCUT2D eigenvalue weighted by atomic mass is 9.93. The lowest BCUT2D eigenvalue weighted by molar-refractivity contribution is -0.173. The topological polar surface area (TPSA) is 99.8 Å². The van der Waals surface area contributed by atoms with Gasteiger partial charge in [-0.3, -0.25) is 19.3 Å². The molecule has 2 N–H and O–H groups in total. The van der Waals surface area contributed by atoms with Crippen LogP contribution in [0.25, 0.3) is 0 Å². The molecule has 35 heavy (non-hydrogen) atoms. The van der Waals surface area contributed by atoms with Crippen molar-refractivity contribution in [1.82, 2.24) is 14.8 Å². The molecule has 3 amide bonds. The molecule has 1 aromatic carbocycles. The Morgan fingerprint density at radius 1 is 1.17 bits per heavy atom. The average Bonchev–Trinajstić information content (AvgIpc) is 3.38. The number of thiazole rings is 1. The number of hydrogen-bond donors (Lipinski definition) is 1. The first kappa shape index (κ1) is 26.6. The van der Waals surface area contributed by atoms with Gasteiger partial charge in [0, 0.05) is 38.0 Å². The number of amides is 3. The van der Waals surface area contributed by atoms with Crippen molar-refractivity contribution in [3.8, 4) is 0 Å². The van der Waals surface area contributed by atoms with Gasteiger partial charge in [0.05, 0.1) is 11.4 Å². The molecule has 3 rings (SSSR count). The Kier molecular flexibility index (Phi) is 8.84. The number of hydrogen-bond acceptors (Lipinski definition) is 6. The lowest BCUT2D eigenvalue weighted by Gasteiger charge is -2.38. The molecule has 1 aliphatic rings. The monoisotopic (exact) mass is 511 g/mol. The van der Waals surface area contributed by atoms with Gasteiger partial charge in [-0.1, -0.05) is 30.3 Å². The van der Waals surface area contributed by atoms with Crippen LogP contribution in [0.1, 0.15) is 18.9 Å². The van der Waals surface area contributed by atoms with Crippen LogP contribution in [0, 0.1) is 5.92 Å². The van der Waals surface area contributed by atoms with Crippen LogP contribution in [0.15, 0.2) is 41.2 Å². The zero-order valence-corrected chi connectivity index (χ0v) is 20.1. The van der Waals surface area contributed by atoms with Gasteiger partial charge >= 0.3 is 6.05 Å². The summed E-state index contributed by atoms with van der Waals surface area (Å²) in [5.41, 5.74) is 7.82. The van der Waals surface area contributed by atoms with Crippen LogP contribution in [-0.2, 0) is 20.8 Å². The number of carbonyl (C=O) groups is 3. The van der Waals surface area contributed by atoms with E-state index in [0.717, 1.165) is 5.56 Å². The van der Waals surface area contributed by atoms with E-state index in [1.54, 1.807) is 5.38 Å². The number of nitrogens with zero attached hydrogens (tertiary/aromatic N) is 4. The second-order valence-electron chi connectivity index (χ2n) is 8.39. The van der Waals surface area contributed by atoms with Gasteiger partial charge in [-0.2, -0.15) is 8.78 Å². The number of benzene rings is 1. The summed E-state index contributed by atoms with van der Waals surface area (Å²) >= 11 is 1.25. The molecule has 12 heteroatoms. The van der Waals surface area contributed by atoms with Gasteiger partial charge in [-0.05, 0) is 18.9 Å². The summed E-state index contributed by atoms with van der Waals surface area (Å²) in [4.78, 5) is 46.2. The second kappa shape index (κ2) is 11.6. The molecule has 0 saturated carbocycles. The highest BCUT2D eigenvalue weighted by molar-refractivity contribution is 7.07. The van der Waals surface area contributed by atoms with Crippen molar-refractivity contribution in [2.75, 3.05) is 37.8 Å². The molecule has 2 atom stereocenters. The number of aromatic nitrogens is 1. The van der Waals surface area contributed by atoms with Crippen LogP contribution in [0.4, 0.5) is 19.0 Å². The third-order valence-corrected chi connectivity index (χ3v) is 6.63. The van der Waals surface area contributed by atoms with Crippen LogP contribution >= 0.6 is 11.3 Å². The van der Waals surface area contributed by atoms with E-state index in [4.69, 9.17) is 5.73 Å². The second-order valence-corrected chi connectivity index (χ2v) is 9.11. The Hall–Kier alpha value is -2.99. The van der Waals surface area contributed by atoms with E-state index in [0.29, 0.717) is 4.90 Å². The summed E-state index contributed by atoms with van der Waals surface area (Å²) in [6.45, 7) is -0.667. The fourth-order valence-corrected chi connectivity index (χ4v) is 4.53. The predicted octanol–water partition coefficient (Wildman–Crippen LogP) is 2.31. The molecule has 1 unspecified atom stereocenters. The van der Waals surface area contributed by atoms with Crippen molar-refractivity contribution in [3.05, 3.63) is 46.8 Å². The first-order valence-corrected chi connectivity index (χ1v) is 12.1. The molecule has 190 valence electrons. The van der Waals surface area contributed by atoms with Gasteiger partial charge < -0.3 is 10.6 Å². The third-order valence-electron chi connectivity index (χ3n) is 6.05. The van der Waals surface area contributed by atoms with Crippen molar-refractivity contribution >= 4 is 34.9 Å². The summed E-state index contributed by atoms with van der Waals surface area (Å²) in [5, 5.41) is 1.61. The number of nitrogens with two attached hydrogens (primary N) is 1. The van der Waals surface area contributed by atoms with Crippen molar-refractivity contribution in [1.29, 1.82) is 0 Å². The van der Waals surface area contributed by atoms with Gasteiger partial charge in [0.1, 0.15) is 11.9 Å². The molecule has 1 aliphatic heterocycles. The molecular formula is C23H28F3N5O3S. The van der Waals surface area contributed by atoms with Crippen LogP contribution in [-0.4, -0.2) is 77.4 Å². The highest BCUT2D eigenvalue weighted by Crippen LogP contribution is 2.26. The number of carbonyl (C=O) groups excluding carboxylic acids is 3. The molecule has 0 radical (unpaired) electrons. The zero-order chi connectivity index (χ0) is 25.6. The Balaban J connectivity index is 1.80. The van der Waals surface area contributed by atoms with E-state index in [1.807, 2.05) is 30.3 Å². The standard InChI is InChI=1S/C23H28F3N5O3S/c1-16(21(27)33)31(19-13-35-15-28-19)22(34)18(11-17-5-3-2-4-6-17)12-20(32)29-7-9-30(10-8-29)23(25,26)14-24/h2-6,13,15-16,18H,7-12,14H2,1H3,(H2,27,33)/t16-,18?/m1/s1. The van der Waals surface area contributed by atoms with Crippen molar-refractivity contribution in [2.24, 2.45) is 11.7 Å². The van der Waals surface area contributed by atoms with E-state index in [-0.39, 0.29) is 50.7 Å². The summed E-state index contributed by atoms with van der Waals surface area (Å²) in [5.74, 6) is -2.17. The van der Waals surface area contributed by atoms with Crippen molar-refractivity contribution in [2.45, 2.75) is 31.9 Å². The average molecular weight is 512 g/mol. The Morgan fingerprint density at radius 2 is 1.83 bits per heavy atom. The number of rotatable bonds is 10.